The van der Waals surface area contributed by atoms with Crippen LogP contribution in [0.2, 0.25) is 0 Å². The summed E-state index contributed by atoms with van der Waals surface area (Å²) in [4.78, 5) is 4.52. The molecule has 1 aromatic rings. The maximum atomic E-state index is 9.44. The molecule has 1 unspecified atom stereocenters. The number of hydrogen-bond donors (Lipinski definition) is 2. The van der Waals surface area contributed by atoms with Crippen LogP contribution in [0.5, 0.6) is 0 Å². The lowest BCUT2D eigenvalue weighted by Crippen LogP contribution is -2.47. The molecule has 90 valence electrons. The van der Waals surface area contributed by atoms with Crippen LogP contribution in [-0.2, 0) is 13.0 Å². The van der Waals surface area contributed by atoms with Crippen LogP contribution in [0.25, 0.3) is 0 Å². The van der Waals surface area contributed by atoms with Gasteiger partial charge in [0.1, 0.15) is 0 Å². The Balaban J connectivity index is 1.90. The summed E-state index contributed by atoms with van der Waals surface area (Å²) in [5.41, 5.74) is 0.984. The monoisotopic (exact) mass is 240 g/mol. The average molecular weight is 240 g/mol. The number of rotatable bonds is 6. The molecule has 0 bridgehead atoms. The van der Waals surface area contributed by atoms with E-state index >= 15 is 0 Å². The third kappa shape index (κ3) is 2.62. The van der Waals surface area contributed by atoms with Crippen molar-refractivity contribution in [2.24, 2.45) is 5.92 Å². The van der Waals surface area contributed by atoms with E-state index in [4.69, 9.17) is 0 Å². The fourth-order valence-electron chi connectivity index (χ4n) is 1.93. The van der Waals surface area contributed by atoms with Gasteiger partial charge in [0.05, 0.1) is 17.3 Å². The van der Waals surface area contributed by atoms with E-state index in [0.717, 1.165) is 18.7 Å². The van der Waals surface area contributed by atoms with Crippen molar-refractivity contribution in [3.8, 4) is 0 Å². The molecule has 0 amide bonds. The van der Waals surface area contributed by atoms with Crippen molar-refractivity contribution < 1.29 is 5.11 Å². The number of aryl methyl sites for hydroxylation is 1. The summed E-state index contributed by atoms with van der Waals surface area (Å²) in [7, 11) is 0. The maximum Gasteiger partial charge on any atom is 0.0926 e. The summed E-state index contributed by atoms with van der Waals surface area (Å²) in [6.45, 7) is 5.21. The van der Waals surface area contributed by atoms with Crippen LogP contribution < -0.4 is 5.32 Å². The lowest BCUT2D eigenvalue weighted by Gasteiger charge is -2.28. The molecule has 0 aromatic carbocycles. The van der Waals surface area contributed by atoms with Crippen molar-refractivity contribution in [2.45, 2.75) is 45.2 Å². The van der Waals surface area contributed by atoms with Crippen molar-refractivity contribution >= 4 is 11.3 Å². The Kier molecular flexibility index (Phi) is 3.62. The molecule has 1 aliphatic rings. The van der Waals surface area contributed by atoms with Crippen LogP contribution in [-0.4, -0.2) is 22.2 Å². The van der Waals surface area contributed by atoms with Crippen LogP contribution in [0.1, 0.15) is 37.4 Å². The van der Waals surface area contributed by atoms with Gasteiger partial charge < -0.3 is 10.4 Å². The van der Waals surface area contributed by atoms with Gasteiger partial charge in [-0.2, -0.15) is 0 Å². The molecule has 0 saturated heterocycles. The molecule has 2 rings (SSSR count). The Bertz CT molecular complexity index is 349. The van der Waals surface area contributed by atoms with Crippen molar-refractivity contribution in [1.29, 1.82) is 0 Å². The number of hydrogen-bond acceptors (Lipinski definition) is 4. The zero-order valence-electron chi connectivity index (χ0n) is 9.99. The molecule has 1 aromatic heterocycles. The fourth-order valence-corrected chi connectivity index (χ4v) is 2.68. The molecular formula is C12H20N2OS. The van der Waals surface area contributed by atoms with Crippen LogP contribution >= 0.6 is 11.3 Å². The van der Waals surface area contributed by atoms with E-state index in [2.05, 4.69) is 29.5 Å². The van der Waals surface area contributed by atoms with Gasteiger partial charge in [0.25, 0.3) is 0 Å². The van der Waals surface area contributed by atoms with Gasteiger partial charge in [-0.3, -0.25) is 0 Å². The number of aliphatic hydroxyl groups excluding tert-OH is 1. The topological polar surface area (TPSA) is 45.2 Å². The molecule has 1 aliphatic carbocycles. The Morgan fingerprint density at radius 2 is 2.38 bits per heavy atom. The lowest BCUT2D eigenvalue weighted by molar-refractivity contribution is 0.153. The zero-order chi connectivity index (χ0) is 11.6. The Morgan fingerprint density at radius 1 is 1.62 bits per heavy atom. The Morgan fingerprint density at radius 3 is 2.88 bits per heavy atom. The van der Waals surface area contributed by atoms with E-state index in [1.807, 2.05) is 0 Å². The first-order valence-corrected chi connectivity index (χ1v) is 6.85. The summed E-state index contributed by atoms with van der Waals surface area (Å²) in [5.74, 6) is 0.641. The first-order valence-electron chi connectivity index (χ1n) is 5.97. The highest BCUT2D eigenvalue weighted by atomic mass is 32.1. The predicted octanol–water partition coefficient (Wildman–Crippen LogP) is 1.96. The van der Waals surface area contributed by atoms with Gasteiger partial charge in [0, 0.05) is 17.5 Å². The minimum Gasteiger partial charge on any atom is -0.394 e. The van der Waals surface area contributed by atoms with E-state index in [9.17, 15) is 5.11 Å². The van der Waals surface area contributed by atoms with E-state index in [1.54, 1.807) is 11.3 Å². The summed E-state index contributed by atoms with van der Waals surface area (Å²) >= 11 is 1.72. The second-order valence-electron chi connectivity index (χ2n) is 4.79. The van der Waals surface area contributed by atoms with E-state index in [-0.39, 0.29) is 12.1 Å². The highest BCUT2D eigenvalue weighted by molar-refractivity contribution is 7.09. The van der Waals surface area contributed by atoms with Crippen molar-refractivity contribution in [3.63, 3.8) is 0 Å². The molecule has 3 nitrogen and oxygen atoms in total. The number of nitrogens with zero attached hydrogens (tertiary/aromatic N) is 1. The number of nitrogens with one attached hydrogen (secondary N) is 1. The summed E-state index contributed by atoms with van der Waals surface area (Å²) in [6, 6.07) is 0. The van der Waals surface area contributed by atoms with Crippen molar-refractivity contribution in [2.75, 3.05) is 6.61 Å². The highest BCUT2D eigenvalue weighted by Gasteiger charge is 2.40. The number of thiazole rings is 1. The smallest absolute Gasteiger partial charge is 0.0926 e. The highest BCUT2D eigenvalue weighted by Crippen LogP contribution is 2.39. The summed E-state index contributed by atoms with van der Waals surface area (Å²) in [6.07, 6.45) is 3.48. The molecular weight excluding hydrogens is 220 g/mol. The summed E-state index contributed by atoms with van der Waals surface area (Å²) in [5, 5.41) is 16.2. The minimum atomic E-state index is -0.115. The number of aromatic nitrogens is 1. The summed E-state index contributed by atoms with van der Waals surface area (Å²) < 4.78 is 0. The van der Waals surface area contributed by atoms with Gasteiger partial charge in [-0.05, 0) is 32.1 Å². The van der Waals surface area contributed by atoms with Gasteiger partial charge in [-0.25, -0.2) is 4.98 Å². The van der Waals surface area contributed by atoms with Gasteiger partial charge in [-0.15, -0.1) is 11.3 Å². The van der Waals surface area contributed by atoms with E-state index in [0.29, 0.717) is 5.92 Å². The van der Waals surface area contributed by atoms with Gasteiger partial charge in [0.2, 0.25) is 0 Å². The number of aliphatic hydroxyl groups is 1. The first kappa shape index (κ1) is 12.0. The van der Waals surface area contributed by atoms with Gasteiger partial charge in [0.15, 0.2) is 0 Å². The molecule has 0 radical (unpaired) electrons. The third-order valence-electron chi connectivity index (χ3n) is 3.38. The zero-order valence-corrected chi connectivity index (χ0v) is 10.8. The third-order valence-corrected chi connectivity index (χ3v) is 4.42. The van der Waals surface area contributed by atoms with E-state index in [1.165, 1.54) is 17.8 Å². The van der Waals surface area contributed by atoms with Crippen LogP contribution in [0, 0.1) is 5.92 Å². The van der Waals surface area contributed by atoms with Crippen molar-refractivity contribution in [3.05, 3.63) is 16.1 Å². The molecule has 1 saturated carbocycles. The van der Waals surface area contributed by atoms with Crippen LogP contribution in [0.3, 0.4) is 0 Å². The molecule has 2 N–H and O–H groups in total. The minimum absolute atomic E-state index is 0.115. The van der Waals surface area contributed by atoms with E-state index < -0.39 is 0 Å². The maximum absolute atomic E-state index is 9.44. The largest absolute Gasteiger partial charge is 0.394 e. The fraction of sp³-hybridized carbons (Fsp3) is 0.750. The first-order chi connectivity index (χ1) is 7.68. The normalized spacial score (nSPS) is 19.7. The second kappa shape index (κ2) is 4.82. The average Bonchev–Trinajstić information content (AvgIpc) is 3.06. The standard InChI is InChI=1S/C12H20N2OS/c1-3-11-14-10(7-16-11)6-13-12(2,8-15)9-4-5-9/h7,9,13,15H,3-6,8H2,1-2H3. The Labute approximate surface area is 101 Å². The van der Waals surface area contributed by atoms with Crippen molar-refractivity contribution in [1.82, 2.24) is 10.3 Å². The Hall–Kier alpha value is -0.450. The van der Waals surface area contributed by atoms with Crippen LogP contribution in [0.15, 0.2) is 5.38 Å². The molecule has 4 heteroatoms. The molecule has 0 spiro atoms. The molecule has 0 aliphatic heterocycles. The van der Waals surface area contributed by atoms with Crippen LogP contribution in [0.4, 0.5) is 0 Å². The SMILES string of the molecule is CCc1nc(CNC(C)(CO)C2CC2)cs1. The molecule has 1 heterocycles. The predicted molar refractivity (Wildman–Crippen MR) is 66.5 cm³/mol. The van der Waals surface area contributed by atoms with Gasteiger partial charge >= 0.3 is 0 Å². The lowest BCUT2D eigenvalue weighted by atomic mass is 9.97. The molecule has 1 fully saturated rings. The second-order valence-corrected chi connectivity index (χ2v) is 5.73. The molecule has 16 heavy (non-hydrogen) atoms. The quantitative estimate of drug-likeness (QED) is 0.799. The molecule has 1 atom stereocenters. The van der Waals surface area contributed by atoms with Gasteiger partial charge in [-0.1, -0.05) is 6.92 Å².